The molecule has 2 aliphatic heterocycles. The van der Waals surface area contributed by atoms with Crippen LogP contribution in [0.5, 0.6) is 11.5 Å². The number of anilines is 2. The lowest BCUT2D eigenvalue weighted by Crippen LogP contribution is -2.56. The van der Waals surface area contributed by atoms with Gasteiger partial charge in [-0.15, -0.1) is 0 Å². The van der Waals surface area contributed by atoms with Crippen LogP contribution in [0, 0.1) is 0 Å². The lowest BCUT2D eigenvalue weighted by molar-refractivity contribution is -0.138. The molecule has 8 nitrogen and oxygen atoms in total. The van der Waals surface area contributed by atoms with Gasteiger partial charge in [0.2, 0.25) is 10.0 Å². The van der Waals surface area contributed by atoms with Gasteiger partial charge in [0.1, 0.15) is 11.5 Å². The Morgan fingerprint density at radius 3 is 2.39 bits per heavy atom. The molecular formula is C22H27N3O5S. The van der Waals surface area contributed by atoms with E-state index in [1.165, 1.54) is 4.31 Å². The maximum atomic E-state index is 13.2. The second kappa shape index (κ2) is 8.66. The number of piperazine rings is 1. The van der Waals surface area contributed by atoms with Gasteiger partial charge in [0.05, 0.1) is 25.1 Å². The number of benzene rings is 2. The van der Waals surface area contributed by atoms with Gasteiger partial charge in [-0.25, -0.2) is 8.42 Å². The SMILES string of the molecule is CCS(=O)(=O)N1C[C@@H](C(=O)N2CCN(c3ccc(OC)cc3)CC2)Oc2ccccc21. The van der Waals surface area contributed by atoms with Crippen LogP contribution in [0.2, 0.25) is 0 Å². The highest BCUT2D eigenvalue weighted by atomic mass is 32.2. The largest absolute Gasteiger partial charge is 0.497 e. The van der Waals surface area contributed by atoms with E-state index < -0.39 is 16.1 Å². The number of carbonyl (C=O) groups is 1. The maximum absolute atomic E-state index is 13.2. The normalized spacial score (nSPS) is 18.9. The zero-order valence-corrected chi connectivity index (χ0v) is 18.5. The molecule has 0 aromatic heterocycles. The molecule has 0 N–H and O–H groups in total. The van der Waals surface area contributed by atoms with Gasteiger partial charge in [-0.3, -0.25) is 9.10 Å². The van der Waals surface area contributed by atoms with Crippen molar-refractivity contribution in [1.29, 1.82) is 0 Å². The lowest BCUT2D eigenvalue weighted by Gasteiger charge is -2.40. The maximum Gasteiger partial charge on any atom is 0.265 e. The molecule has 0 radical (unpaired) electrons. The summed E-state index contributed by atoms with van der Waals surface area (Å²) in [6.45, 7) is 4.07. The zero-order valence-electron chi connectivity index (χ0n) is 17.7. The topological polar surface area (TPSA) is 79.4 Å². The number of carbonyl (C=O) groups excluding carboxylic acids is 1. The minimum atomic E-state index is -3.52. The molecular weight excluding hydrogens is 418 g/mol. The minimum absolute atomic E-state index is 0.00921. The third kappa shape index (κ3) is 4.27. The van der Waals surface area contributed by atoms with Crippen molar-refractivity contribution in [2.45, 2.75) is 13.0 Å². The highest BCUT2D eigenvalue weighted by Crippen LogP contribution is 2.35. The van der Waals surface area contributed by atoms with Crippen molar-refractivity contribution < 1.29 is 22.7 Å². The zero-order chi connectivity index (χ0) is 22.0. The number of ether oxygens (including phenoxy) is 2. The molecule has 4 rings (SSSR count). The van der Waals surface area contributed by atoms with Crippen LogP contribution in [0.1, 0.15) is 6.92 Å². The van der Waals surface area contributed by atoms with Crippen LogP contribution in [-0.2, 0) is 14.8 Å². The number of methoxy groups -OCH3 is 1. The van der Waals surface area contributed by atoms with Gasteiger partial charge in [-0.05, 0) is 43.3 Å². The van der Waals surface area contributed by atoms with E-state index in [2.05, 4.69) is 4.90 Å². The Kier molecular flexibility index (Phi) is 5.95. The summed E-state index contributed by atoms with van der Waals surface area (Å²) in [4.78, 5) is 17.2. The summed E-state index contributed by atoms with van der Waals surface area (Å²) in [7, 11) is -1.88. The third-order valence-corrected chi connectivity index (χ3v) is 7.49. The molecule has 0 spiro atoms. The third-order valence-electron chi connectivity index (χ3n) is 5.74. The number of hydrogen-bond donors (Lipinski definition) is 0. The summed E-state index contributed by atoms with van der Waals surface area (Å²) in [5.41, 5.74) is 1.56. The number of nitrogens with zero attached hydrogens (tertiary/aromatic N) is 3. The first-order valence-electron chi connectivity index (χ1n) is 10.4. The van der Waals surface area contributed by atoms with Gasteiger partial charge in [0, 0.05) is 31.9 Å². The Morgan fingerprint density at radius 2 is 1.74 bits per heavy atom. The monoisotopic (exact) mass is 445 g/mol. The van der Waals surface area contributed by atoms with E-state index in [4.69, 9.17) is 9.47 Å². The van der Waals surface area contributed by atoms with Crippen molar-refractivity contribution in [3.63, 3.8) is 0 Å². The van der Waals surface area contributed by atoms with Gasteiger partial charge < -0.3 is 19.3 Å². The van der Waals surface area contributed by atoms with E-state index in [0.717, 1.165) is 11.4 Å². The molecule has 0 saturated carbocycles. The molecule has 1 atom stereocenters. The molecule has 2 heterocycles. The first-order chi connectivity index (χ1) is 14.9. The number of rotatable bonds is 5. The summed E-state index contributed by atoms with van der Waals surface area (Å²) in [5.74, 6) is 1.00. The second-order valence-electron chi connectivity index (χ2n) is 7.52. The highest BCUT2D eigenvalue weighted by molar-refractivity contribution is 7.92. The number of sulfonamides is 1. The van der Waals surface area contributed by atoms with E-state index in [0.29, 0.717) is 37.6 Å². The van der Waals surface area contributed by atoms with Gasteiger partial charge in [-0.1, -0.05) is 12.1 Å². The van der Waals surface area contributed by atoms with Crippen LogP contribution < -0.4 is 18.7 Å². The minimum Gasteiger partial charge on any atom is -0.497 e. The lowest BCUT2D eigenvalue weighted by atomic mass is 10.2. The van der Waals surface area contributed by atoms with E-state index >= 15 is 0 Å². The number of amides is 1. The van der Waals surface area contributed by atoms with Crippen molar-refractivity contribution in [2.24, 2.45) is 0 Å². The molecule has 2 aliphatic rings. The Labute approximate surface area is 183 Å². The van der Waals surface area contributed by atoms with E-state index in [9.17, 15) is 13.2 Å². The Hall–Kier alpha value is -2.94. The molecule has 1 fully saturated rings. The van der Waals surface area contributed by atoms with Crippen LogP contribution in [0.4, 0.5) is 11.4 Å². The summed E-state index contributed by atoms with van der Waals surface area (Å²) in [6, 6.07) is 14.8. The average molecular weight is 446 g/mol. The van der Waals surface area contributed by atoms with Gasteiger partial charge in [-0.2, -0.15) is 0 Å². The smallest absolute Gasteiger partial charge is 0.265 e. The molecule has 1 saturated heterocycles. The summed E-state index contributed by atoms with van der Waals surface area (Å²) in [6.07, 6.45) is -0.858. The summed E-state index contributed by atoms with van der Waals surface area (Å²) in [5, 5.41) is 0. The van der Waals surface area contributed by atoms with Crippen molar-refractivity contribution in [3.05, 3.63) is 48.5 Å². The van der Waals surface area contributed by atoms with E-state index in [1.54, 1.807) is 43.2 Å². The summed E-state index contributed by atoms with van der Waals surface area (Å²) < 4.78 is 37.7. The molecule has 2 aromatic rings. The summed E-state index contributed by atoms with van der Waals surface area (Å²) >= 11 is 0. The standard InChI is InChI=1S/C22H27N3O5S/c1-3-31(27,28)25-16-21(30-20-7-5-4-6-19(20)25)22(26)24-14-12-23(13-15-24)17-8-10-18(29-2)11-9-17/h4-11,21H,3,12-16H2,1-2H3/t21-/m0/s1. The number of para-hydroxylation sites is 2. The van der Waals surface area contributed by atoms with Crippen LogP contribution in [-0.4, -0.2) is 70.9 Å². The van der Waals surface area contributed by atoms with Gasteiger partial charge >= 0.3 is 0 Å². The Bertz CT molecular complexity index is 1030. The first kappa shape index (κ1) is 21.3. The number of hydrogen-bond acceptors (Lipinski definition) is 6. The average Bonchev–Trinajstić information content (AvgIpc) is 2.83. The predicted molar refractivity (Wildman–Crippen MR) is 119 cm³/mol. The van der Waals surface area contributed by atoms with Crippen LogP contribution in [0.25, 0.3) is 0 Å². The second-order valence-corrected chi connectivity index (χ2v) is 9.70. The Balaban J connectivity index is 1.45. The van der Waals surface area contributed by atoms with Gasteiger partial charge in [0.25, 0.3) is 5.91 Å². The highest BCUT2D eigenvalue weighted by Gasteiger charge is 2.38. The van der Waals surface area contributed by atoms with Crippen molar-refractivity contribution >= 4 is 27.3 Å². The molecule has 0 aliphatic carbocycles. The molecule has 31 heavy (non-hydrogen) atoms. The van der Waals surface area contributed by atoms with Crippen LogP contribution in [0.15, 0.2) is 48.5 Å². The molecule has 0 unspecified atom stereocenters. The van der Waals surface area contributed by atoms with Crippen molar-refractivity contribution in [3.8, 4) is 11.5 Å². The Morgan fingerprint density at radius 1 is 1.06 bits per heavy atom. The van der Waals surface area contributed by atoms with Gasteiger partial charge in [0.15, 0.2) is 6.10 Å². The van der Waals surface area contributed by atoms with Crippen LogP contribution in [0.3, 0.4) is 0 Å². The molecule has 0 bridgehead atoms. The van der Waals surface area contributed by atoms with E-state index in [1.807, 2.05) is 24.3 Å². The molecule has 2 aromatic carbocycles. The van der Waals surface area contributed by atoms with Crippen molar-refractivity contribution in [2.75, 3.05) is 54.8 Å². The fourth-order valence-electron chi connectivity index (χ4n) is 3.93. The fourth-order valence-corrected chi connectivity index (χ4v) is 5.06. The van der Waals surface area contributed by atoms with E-state index in [-0.39, 0.29) is 18.2 Å². The molecule has 9 heteroatoms. The van der Waals surface area contributed by atoms with Crippen molar-refractivity contribution in [1.82, 2.24) is 4.90 Å². The predicted octanol–water partition coefficient (Wildman–Crippen LogP) is 1.96. The fraction of sp³-hybridized carbons (Fsp3) is 0.409. The van der Waals surface area contributed by atoms with Crippen LogP contribution >= 0.6 is 0 Å². The first-order valence-corrected chi connectivity index (χ1v) is 12.0. The number of fused-ring (bicyclic) bond motifs is 1. The molecule has 166 valence electrons. The molecule has 1 amide bonds. The quantitative estimate of drug-likeness (QED) is 0.700.